The normalized spacial score (nSPS) is 25.1. The number of benzene rings is 1. The van der Waals surface area contributed by atoms with Crippen molar-refractivity contribution < 1.29 is 24.6 Å². The Morgan fingerprint density at radius 2 is 1.80 bits per heavy atom. The standard InChI is InChI=1S/C11H12N2O7/c14-12(15)19-10-7-18-9(11(10)20-13(16)17)6-8-4-2-1-3-5-8/h1-5,9-11H,6-7H2. The molecule has 1 aromatic rings. The van der Waals surface area contributed by atoms with Crippen LogP contribution in [-0.4, -0.2) is 35.1 Å². The van der Waals surface area contributed by atoms with Crippen LogP contribution in [0.4, 0.5) is 0 Å². The summed E-state index contributed by atoms with van der Waals surface area (Å²) in [4.78, 5) is 29.7. The van der Waals surface area contributed by atoms with Gasteiger partial charge in [-0.3, -0.25) is 0 Å². The Kier molecular flexibility index (Phi) is 4.31. The minimum Gasteiger partial charge on any atom is -0.373 e. The topological polar surface area (TPSA) is 114 Å². The lowest BCUT2D eigenvalue weighted by Gasteiger charge is -2.19. The summed E-state index contributed by atoms with van der Waals surface area (Å²) >= 11 is 0. The molecule has 0 N–H and O–H groups in total. The first-order valence-electron chi connectivity index (χ1n) is 5.84. The summed E-state index contributed by atoms with van der Waals surface area (Å²) in [7, 11) is 0. The lowest BCUT2D eigenvalue weighted by Crippen LogP contribution is -2.38. The number of nitrogens with zero attached hydrogens (tertiary/aromatic N) is 2. The van der Waals surface area contributed by atoms with Crippen molar-refractivity contribution in [2.45, 2.75) is 24.7 Å². The number of hydrogen-bond donors (Lipinski definition) is 0. The van der Waals surface area contributed by atoms with Crippen molar-refractivity contribution in [2.75, 3.05) is 6.61 Å². The fourth-order valence-electron chi connectivity index (χ4n) is 2.11. The van der Waals surface area contributed by atoms with Gasteiger partial charge in [-0.25, -0.2) is 0 Å². The van der Waals surface area contributed by atoms with E-state index in [1.54, 1.807) is 0 Å². The molecule has 1 fully saturated rings. The van der Waals surface area contributed by atoms with Crippen molar-refractivity contribution in [2.24, 2.45) is 0 Å². The highest BCUT2D eigenvalue weighted by Gasteiger charge is 2.42. The van der Waals surface area contributed by atoms with Crippen molar-refractivity contribution in [3.63, 3.8) is 0 Å². The second-order valence-electron chi connectivity index (χ2n) is 4.22. The Labute approximate surface area is 113 Å². The molecule has 20 heavy (non-hydrogen) atoms. The molecule has 0 aromatic heterocycles. The van der Waals surface area contributed by atoms with Crippen LogP contribution in [0.15, 0.2) is 30.3 Å². The predicted octanol–water partition coefficient (Wildman–Crippen LogP) is 0.782. The molecule has 1 heterocycles. The van der Waals surface area contributed by atoms with Gasteiger partial charge in [-0.2, -0.15) is 0 Å². The van der Waals surface area contributed by atoms with E-state index >= 15 is 0 Å². The molecule has 0 spiro atoms. The van der Waals surface area contributed by atoms with E-state index in [1.165, 1.54) is 0 Å². The van der Waals surface area contributed by atoms with Crippen LogP contribution in [0, 0.1) is 20.2 Å². The van der Waals surface area contributed by atoms with Crippen LogP contribution in [0.5, 0.6) is 0 Å². The number of ether oxygens (including phenoxy) is 1. The molecule has 9 heteroatoms. The van der Waals surface area contributed by atoms with Crippen LogP contribution in [-0.2, 0) is 20.8 Å². The van der Waals surface area contributed by atoms with Gasteiger partial charge in [-0.1, -0.05) is 30.3 Å². The van der Waals surface area contributed by atoms with E-state index < -0.39 is 28.5 Å². The lowest BCUT2D eigenvalue weighted by atomic mass is 10.0. The average Bonchev–Trinajstić information content (AvgIpc) is 2.72. The van der Waals surface area contributed by atoms with Crippen molar-refractivity contribution >= 4 is 0 Å². The van der Waals surface area contributed by atoms with Crippen molar-refractivity contribution in [3.8, 4) is 0 Å². The van der Waals surface area contributed by atoms with Crippen molar-refractivity contribution in [3.05, 3.63) is 56.1 Å². The molecule has 3 atom stereocenters. The van der Waals surface area contributed by atoms with E-state index in [-0.39, 0.29) is 6.61 Å². The molecule has 1 aliphatic heterocycles. The molecule has 0 amide bonds. The third-order valence-electron chi connectivity index (χ3n) is 2.92. The first kappa shape index (κ1) is 14.0. The zero-order chi connectivity index (χ0) is 14.5. The van der Waals surface area contributed by atoms with Gasteiger partial charge in [0.25, 0.3) is 10.2 Å². The summed E-state index contributed by atoms with van der Waals surface area (Å²) in [6.45, 7) is -0.128. The van der Waals surface area contributed by atoms with E-state index in [2.05, 4.69) is 9.68 Å². The van der Waals surface area contributed by atoms with Crippen LogP contribution in [0.3, 0.4) is 0 Å². The van der Waals surface area contributed by atoms with E-state index in [4.69, 9.17) is 4.74 Å². The smallest absolute Gasteiger partial charge is 0.294 e. The molecule has 3 unspecified atom stereocenters. The first-order chi connectivity index (χ1) is 9.56. The highest BCUT2D eigenvalue weighted by Crippen LogP contribution is 2.24. The van der Waals surface area contributed by atoms with Gasteiger partial charge in [0.1, 0.15) is 0 Å². The molecule has 108 valence electrons. The molecule has 0 bridgehead atoms. The zero-order valence-corrected chi connectivity index (χ0v) is 10.3. The Morgan fingerprint density at radius 1 is 1.15 bits per heavy atom. The van der Waals surface area contributed by atoms with Crippen molar-refractivity contribution in [1.29, 1.82) is 0 Å². The molecule has 9 nitrogen and oxygen atoms in total. The predicted molar refractivity (Wildman–Crippen MR) is 63.6 cm³/mol. The van der Waals surface area contributed by atoms with Gasteiger partial charge in [-0.15, -0.1) is 20.2 Å². The maximum atomic E-state index is 10.5. The van der Waals surface area contributed by atoms with Gasteiger partial charge in [-0.05, 0) is 5.56 Å². The minimum atomic E-state index is -1.13. The number of hydrogen-bond acceptors (Lipinski definition) is 7. The molecule has 0 radical (unpaired) electrons. The lowest BCUT2D eigenvalue weighted by molar-refractivity contribution is -0.797. The maximum absolute atomic E-state index is 10.5. The third-order valence-corrected chi connectivity index (χ3v) is 2.92. The third kappa shape index (κ3) is 3.54. The fourth-order valence-corrected chi connectivity index (χ4v) is 2.11. The quantitative estimate of drug-likeness (QED) is 0.560. The summed E-state index contributed by atoms with van der Waals surface area (Å²) in [5, 5.41) is 18.8. The molecule has 0 saturated carbocycles. The van der Waals surface area contributed by atoms with Gasteiger partial charge in [0.2, 0.25) is 0 Å². The fraction of sp³-hybridized carbons (Fsp3) is 0.455. The summed E-state index contributed by atoms with van der Waals surface area (Å²) in [5.74, 6) is 0. The molecule has 1 aromatic carbocycles. The highest BCUT2D eigenvalue weighted by molar-refractivity contribution is 5.16. The Balaban J connectivity index is 2.07. The highest BCUT2D eigenvalue weighted by atomic mass is 17.0. The molecule has 0 aliphatic carbocycles. The summed E-state index contributed by atoms with van der Waals surface area (Å²) in [5.41, 5.74) is 0.885. The average molecular weight is 284 g/mol. The Bertz CT molecular complexity index is 481. The van der Waals surface area contributed by atoms with Crippen LogP contribution < -0.4 is 0 Å². The van der Waals surface area contributed by atoms with Crippen LogP contribution in [0.25, 0.3) is 0 Å². The van der Waals surface area contributed by atoms with E-state index in [1.807, 2.05) is 30.3 Å². The van der Waals surface area contributed by atoms with E-state index in [0.717, 1.165) is 5.56 Å². The van der Waals surface area contributed by atoms with Crippen LogP contribution >= 0.6 is 0 Å². The second kappa shape index (κ2) is 6.15. The van der Waals surface area contributed by atoms with Gasteiger partial charge in [0, 0.05) is 6.42 Å². The Morgan fingerprint density at radius 3 is 2.40 bits per heavy atom. The Hall–Kier alpha value is -2.42. The zero-order valence-electron chi connectivity index (χ0n) is 10.3. The monoisotopic (exact) mass is 284 g/mol. The molecule has 1 saturated heterocycles. The van der Waals surface area contributed by atoms with E-state index in [9.17, 15) is 20.2 Å². The maximum Gasteiger partial charge on any atom is 0.294 e. The summed E-state index contributed by atoms with van der Waals surface area (Å²) < 4.78 is 5.33. The van der Waals surface area contributed by atoms with Crippen LogP contribution in [0.1, 0.15) is 5.56 Å². The molecular formula is C11H12N2O7. The first-order valence-corrected chi connectivity index (χ1v) is 5.84. The largest absolute Gasteiger partial charge is 0.373 e. The molecule has 2 rings (SSSR count). The second-order valence-corrected chi connectivity index (χ2v) is 4.22. The molecule has 1 aliphatic rings. The van der Waals surface area contributed by atoms with Crippen molar-refractivity contribution in [1.82, 2.24) is 0 Å². The summed E-state index contributed by atoms with van der Waals surface area (Å²) in [6.07, 6.45) is -2.57. The molecular weight excluding hydrogens is 272 g/mol. The SMILES string of the molecule is O=[N+]([O-])OC1COC(Cc2ccccc2)C1O[N+](=O)[O-]. The van der Waals surface area contributed by atoms with Gasteiger partial charge in [0.05, 0.1) is 12.7 Å². The van der Waals surface area contributed by atoms with E-state index in [0.29, 0.717) is 6.42 Å². The van der Waals surface area contributed by atoms with Gasteiger partial charge < -0.3 is 14.4 Å². The van der Waals surface area contributed by atoms with Gasteiger partial charge >= 0.3 is 0 Å². The minimum absolute atomic E-state index is 0.128. The number of rotatable bonds is 6. The van der Waals surface area contributed by atoms with Gasteiger partial charge in [0.15, 0.2) is 12.2 Å². The van der Waals surface area contributed by atoms with Crippen LogP contribution in [0.2, 0.25) is 0 Å². The summed E-state index contributed by atoms with van der Waals surface area (Å²) in [6, 6.07) is 9.13.